The molecular formula is C27H37N3O3. The molecule has 2 aromatic rings. The first-order valence-corrected chi connectivity index (χ1v) is 12.3. The standard InChI is InChI=1S/C27H37N3O3/c1-28-18-20-29(21-19-28)25-11-5-6-12-26(25)32-22-8-7-13-27(31)30-16-14-24(15-17-30)33-23-9-3-2-4-10-23/h2-6,9-12,24H,7-8,13-22H2,1H3. The molecule has 2 aromatic carbocycles. The third-order valence-corrected chi connectivity index (χ3v) is 6.59. The normalized spacial score (nSPS) is 17.7. The van der Waals surface area contributed by atoms with Gasteiger partial charge in [0.2, 0.25) is 5.91 Å². The Kier molecular flexibility index (Phi) is 8.47. The van der Waals surface area contributed by atoms with E-state index in [4.69, 9.17) is 9.47 Å². The summed E-state index contributed by atoms with van der Waals surface area (Å²) in [6.45, 7) is 6.41. The van der Waals surface area contributed by atoms with Crippen LogP contribution in [0.5, 0.6) is 11.5 Å². The van der Waals surface area contributed by atoms with Crippen LogP contribution in [-0.2, 0) is 4.79 Å². The van der Waals surface area contributed by atoms with Gasteiger partial charge in [-0.05, 0) is 44.2 Å². The van der Waals surface area contributed by atoms with E-state index in [1.54, 1.807) is 0 Å². The van der Waals surface area contributed by atoms with E-state index in [9.17, 15) is 4.79 Å². The van der Waals surface area contributed by atoms with E-state index in [0.29, 0.717) is 13.0 Å². The van der Waals surface area contributed by atoms with Gasteiger partial charge in [-0.2, -0.15) is 0 Å². The predicted octanol–water partition coefficient (Wildman–Crippen LogP) is 4.06. The maximum Gasteiger partial charge on any atom is 0.222 e. The maximum absolute atomic E-state index is 12.6. The molecule has 2 heterocycles. The molecule has 2 saturated heterocycles. The van der Waals surface area contributed by atoms with Gasteiger partial charge in [-0.3, -0.25) is 4.79 Å². The number of likely N-dealkylation sites (N-methyl/N-ethyl adjacent to an activating group) is 1. The summed E-state index contributed by atoms with van der Waals surface area (Å²) < 4.78 is 12.2. The van der Waals surface area contributed by atoms with Gasteiger partial charge in [0, 0.05) is 58.5 Å². The summed E-state index contributed by atoms with van der Waals surface area (Å²) in [6.07, 6.45) is 4.32. The summed E-state index contributed by atoms with van der Waals surface area (Å²) in [7, 11) is 2.17. The van der Waals surface area contributed by atoms with Crippen molar-refractivity contribution in [1.82, 2.24) is 9.80 Å². The fourth-order valence-corrected chi connectivity index (χ4v) is 4.52. The van der Waals surface area contributed by atoms with Crippen molar-refractivity contribution >= 4 is 11.6 Å². The number of anilines is 1. The Morgan fingerprint density at radius 1 is 0.879 bits per heavy atom. The predicted molar refractivity (Wildman–Crippen MR) is 132 cm³/mol. The van der Waals surface area contributed by atoms with Crippen LogP contribution in [0.15, 0.2) is 54.6 Å². The number of likely N-dealkylation sites (tertiary alicyclic amines) is 1. The Balaban J connectivity index is 1.13. The van der Waals surface area contributed by atoms with Gasteiger partial charge < -0.3 is 24.2 Å². The Bertz CT molecular complexity index is 860. The van der Waals surface area contributed by atoms with Gasteiger partial charge in [-0.25, -0.2) is 0 Å². The number of benzene rings is 2. The second-order valence-electron chi connectivity index (χ2n) is 9.07. The Morgan fingerprint density at radius 3 is 2.33 bits per heavy atom. The zero-order valence-electron chi connectivity index (χ0n) is 19.8. The first kappa shape index (κ1) is 23.4. The van der Waals surface area contributed by atoms with Gasteiger partial charge in [0.25, 0.3) is 0 Å². The van der Waals surface area contributed by atoms with Crippen LogP contribution in [0.3, 0.4) is 0 Å². The molecule has 0 aromatic heterocycles. The molecule has 2 aliphatic rings. The van der Waals surface area contributed by atoms with E-state index in [0.717, 1.165) is 76.5 Å². The lowest BCUT2D eigenvalue weighted by Gasteiger charge is -2.34. The lowest BCUT2D eigenvalue weighted by molar-refractivity contribution is -0.133. The zero-order valence-corrected chi connectivity index (χ0v) is 19.8. The number of piperazine rings is 1. The van der Waals surface area contributed by atoms with Crippen molar-refractivity contribution in [2.45, 2.75) is 38.2 Å². The van der Waals surface area contributed by atoms with Gasteiger partial charge in [0.05, 0.1) is 12.3 Å². The molecule has 0 radical (unpaired) electrons. The Morgan fingerprint density at radius 2 is 1.58 bits per heavy atom. The number of piperidine rings is 1. The molecule has 4 rings (SSSR count). The van der Waals surface area contributed by atoms with Gasteiger partial charge in [-0.1, -0.05) is 30.3 Å². The summed E-state index contributed by atoms with van der Waals surface area (Å²) in [5, 5.41) is 0. The number of unbranched alkanes of at least 4 members (excludes halogenated alkanes) is 1. The summed E-state index contributed by atoms with van der Waals surface area (Å²) in [4.78, 5) is 19.4. The van der Waals surface area contributed by atoms with Crippen molar-refractivity contribution in [3.63, 3.8) is 0 Å². The number of carbonyl (C=O) groups is 1. The minimum Gasteiger partial charge on any atom is -0.491 e. The molecule has 2 fully saturated rings. The molecule has 6 heteroatoms. The fourth-order valence-electron chi connectivity index (χ4n) is 4.52. The van der Waals surface area contributed by atoms with Crippen molar-refractivity contribution in [3.05, 3.63) is 54.6 Å². The van der Waals surface area contributed by atoms with E-state index >= 15 is 0 Å². The van der Waals surface area contributed by atoms with Crippen molar-refractivity contribution in [3.8, 4) is 11.5 Å². The molecule has 178 valence electrons. The van der Waals surface area contributed by atoms with Gasteiger partial charge in [0.1, 0.15) is 17.6 Å². The van der Waals surface area contributed by atoms with Crippen LogP contribution in [-0.4, -0.2) is 74.7 Å². The van der Waals surface area contributed by atoms with Crippen LogP contribution in [0.2, 0.25) is 0 Å². The molecule has 0 unspecified atom stereocenters. The lowest BCUT2D eigenvalue weighted by Crippen LogP contribution is -2.44. The molecule has 0 bridgehead atoms. The monoisotopic (exact) mass is 451 g/mol. The molecule has 1 amide bonds. The first-order valence-electron chi connectivity index (χ1n) is 12.3. The molecule has 33 heavy (non-hydrogen) atoms. The molecule has 0 N–H and O–H groups in total. The highest BCUT2D eigenvalue weighted by Gasteiger charge is 2.23. The average Bonchev–Trinajstić information content (AvgIpc) is 2.86. The van der Waals surface area contributed by atoms with Crippen LogP contribution in [0.25, 0.3) is 0 Å². The van der Waals surface area contributed by atoms with E-state index < -0.39 is 0 Å². The van der Waals surface area contributed by atoms with E-state index in [1.165, 1.54) is 5.69 Å². The van der Waals surface area contributed by atoms with Gasteiger partial charge in [-0.15, -0.1) is 0 Å². The second-order valence-corrected chi connectivity index (χ2v) is 9.07. The molecular weight excluding hydrogens is 414 g/mol. The largest absolute Gasteiger partial charge is 0.491 e. The Hall–Kier alpha value is -2.73. The highest BCUT2D eigenvalue weighted by molar-refractivity contribution is 5.76. The number of hydrogen-bond donors (Lipinski definition) is 0. The zero-order chi connectivity index (χ0) is 22.9. The SMILES string of the molecule is CN1CCN(c2ccccc2OCCCCC(=O)N2CCC(Oc3ccccc3)CC2)CC1. The second kappa shape index (κ2) is 11.9. The van der Waals surface area contributed by atoms with Crippen LogP contribution in [0, 0.1) is 0 Å². The number of carbonyl (C=O) groups excluding carboxylic acids is 1. The first-order chi connectivity index (χ1) is 16.2. The fraction of sp³-hybridized carbons (Fsp3) is 0.519. The van der Waals surface area contributed by atoms with Crippen LogP contribution in [0.4, 0.5) is 5.69 Å². The van der Waals surface area contributed by atoms with Crippen molar-refractivity contribution < 1.29 is 14.3 Å². The van der Waals surface area contributed by atoms with Crippen molar-refractivity contribution in [2.24, 2.45) is 0 Å². The van der Waals surface area contributed by atoms with Crippen LogP contribution < -0.4 is 14.4 Å². The molecule has 0 saturated carbocycles. The quantitative estimate of drug-likeness (QED) is 0.538. The third kappa shape index (κ3) is 6.87. The average molecular weight is 452 g/mol. The highest BCUT2D eigenvalue weighted by Crippen LogP contribution is 2.29. The molecule has 0 aliphatic carbocycles. The number of hydrogen-bond acceptors (Lipinski definition) is 5. The topological polar surface area (TPSA) is 45.2 Å². The number of nitrogens with zero attached hydrogens (tertiary/aromatic N) is 3. The third-order valence-electron chi connectivity index (χ3n) is 6.59. The van der Waals surface area contributed by atoms with Crippen molar-refractivity contribution in [2.75, 3.05) is 57.8 Å². The van der Waals surface area contributed by atoms with Gasteiger partial charge in [0.15, 0.2) is 0 Å². The summed E-state index contributed by atoms with van der Waals surface area (Å²) in [6, 6.07) is 18.3. The van der Waals surface area contributed by atoms with Crippen LogP contribution >= 0.6 is 0 Å². The minimum absolute atomic E-state index is 0.199. The number of ether oxygens (including phenoxy) is 2. The van der Waals surface area contributed by atoms with E-state index in [1.807, 2.05) is 41.3 Å². The van der Waals surface area contributed by atoms with E-state index in [2.05, 4.69) is 35.0 Å². The number of rotatable bonds is 9. The molecule has 0 atom stereocenters. The van der Waals surface area contributed by atoms with Gasteiger partial charge >= 0.3 is 0 Å². The highest BCUT2D eigenvalue weighted by atomic mass is 16.5. The summed E-state index contributed by atoms with van der Waals surface area (Å²) in [5.41, 5.74) is 1.18. The van der Waals surface area contributed by atoms with Crippen LogP contribution in [0.1, 0.15) is 32.1 Å². The van der Waals surface area contributed by atoms with Crippen molar-refractivity contribution in [1.29, 1.82) is 0 Å². The minimum atomic E-state index is 0.199. The lowest BCUT2D eigenvalue weighted by atomic mass is 10.1. The Labute approximate surface area is 198 Å². The summed E-state index contributed by atoms with van der Waals surface area (Å²) >= 11 is 0. The molecule has 2 aliphatic heterocycles. The summed E-state index contributed by atoms with van der Waals surface area (Å²) in [5.74, 6) is 2.12. The molecule has 0 spiro atoms. The maximum atomic E-state index is 12.6. The molecule has 6 nitrogen and oxygen atoms in total. The van der Waals surface area contributed by atoms with E-state index in [-0.39, 0.29) is 12.0 Å². The number of amides is 1. The smallest absolute Gasteiger partial charge is 0.222 e. The number of para-hydroxylation sites is 3.